The molecule has 0 aliphatic carbocycles. The lowest BCUT2D eigenvalue weighted by Gasteiger charge is -2.10. The SMILES string of the molecule is CN(C)CCN=C1Cc2c(/C(Cc3cccc(Br)c3)=N/O)ccc(F)c2N1. The Morgan fingerprint density at radius 3 is 2.81 bits per heavy atom. The molecule has 0 saturated carbocycles. The molecule has 1 aliphatic heterocycles. The standard InChI is InChI=1S/C20H22BrFN4O/c1-26(2)9-8-23-19-12-16-15(6-7-17(22)20(16)24-19)18(25-27)11-13-4-3-5-14(21)10-13/h3-7,10,27H,8-9,11-12H2,1-2H3,(H,23,24)/b25-18+. The Kier molecular flexibility index (Phi) is 6.23. The summed E-state index contributed by atoms with van der Waals surface area (Å²) in [6.45, 7) is 1.46. The van der Waals surface area contributed by atoms with Crippen molar-refractivity contribution in [2.24, 2.45) is 10.1 Å². The van der Waals surface area contributed by atoms with E-state index in [0.29, 0.717) is 30.8 Å². The molecule has 2 aromatic carbocycles. The van der Waals surface area contributed by atoms with Crippen LogP contribution in [0.5, 0.6) is 0 Å². The third kappa shape index (κ3) is 4.73. The van der Waals surface area contributed by atoms with Crippen molar-refractivity contribution in [3.63, 3.8) is 0 Å². The summed E-state index contributed by atoms with van der Waals surface area (Å²) in [7, 11) is 3.97. The number of halogens is 2. The Morgan fingerprint density at radius 1 is 1.30 bits per heavy atom. The number of rotatable bonds is 6. The fourth-order valence-electron chi connectivity index (χ4n) is 3.07. The van der Waals surface area contributed by atoms with Crippen LogP contribution in [0.4, 0.5) is 10.1 Å². The molecule has 0 aromatic heterocycles. The largest absolute Gasteiger partial charge is 0.411 e. The molecular weight excluding hydrogens is 411 g/mol. The van der Waals surface area contributed by atoms with Gasteiger partial charge in [-0.1, -0.05) is 33.2 Å². The molecule has 3 rings (SSSR count). The molecule has 1 aliphatic rings. The normalized spacial score (nSPS) is 15.3. The summed E-state index contributed by atoms with van der Waals surface area (Å²) in [6.07, 6.45) is 0.939. The van der Waals surface area contributed by atoms with E-state index < -0.39 is 0 Å². The molecule has 0 radical (unpaired) electrons. The fraction of sp³-hybridized carbons (Fsp3) is 0.300. The predicted octanol–water partition coefficient (Wildman–Crippen LogP) is 3.94. The lowest BCUT2D eigenvalue weighted by atomic mass is 9.96. The van der Waals surface area contributed by atoms with E-state index in [0.717, 1.165) is 33.5 Å². The van der Waals surface area contributed by atoms with Gasteiger partial charge in [-0.2, -0.15) is 0 Å². The van der Waals surface area contributed by atoms with Crippen LogP contribution in [0.15, 0.2) is 51.0 Å². The van der Waals surface area contributed by atoms with Gasteiger partial charge in [0.1, 0.15) is 11.7 Å². The number of aliphatic imine (C=N–C) groups is 1. The summed E-state index contributed by atoms with van der Waals surface area (Å²) >= 11 is 3.45. The summed E-state index contributed by atoms with van der Waals surface area (Å²) in [5.41, 5.74) is 3.44. The molecule has 0 atom stereocenters. The van der Waals surface area contributed by atoms with Crippen molar-refractivity contribution in [2.45, 2.75) is 12.8 Å². The van der Waals surface area contributed by atoms with Crippen molar-refractivity contribution in [1.82, 2.24) is 4.90 Å². The molecule has 0 fully saturated rings. The first kappa shape index (κ1) is 19.5. The maximum absolute atomic E-state index is 14.3. The van der Waals surface area contributed by atoms with E-state index in [4.69, 9.17) is 0 Å². The highest BCUT2D eigenvalue weighted by Gasteiger charge is 2.25. The molecule has 27 heavy (non-hydrogen) atoms. The number of anilines is 1. The summed E-state index contributed by atoms with van der Waals surface area (Å²) in [4.78, 5) is 6.58. The van der Waals surface area contributed by atoms with Crippen LogP contribution in [0.2, 0.25) is 0 Å². The summed E-state index contributed by atoms with van der Waals surface area (Å²) in [6, 6.07) is 10.9. The van der Waals surface area contributed by atoms with Crippen LogP contribution in [0.1, 0.15) is 16.7 Å². The number of amidine groups is 1. The molecule has 2 aromatic rings. The number of fused-ring (bicyclic) bond motifs is 1. The first-order chi connectivity index (χ1) is 13.0. The van der Waals surface area contributed by atoms with Crippen LogP contribution < -0.4 is 5.32 Å². The van der Waals surface area contributed by atoms with Crippen molar-refractivity contribution >= 4 is 33.2 Å². The third-order valence-electron chi connectivity index (χ3n) is 4.42. The summed E-state index contributed by atoms with van der Waals surface area (Å²) < 4.78 is 15.3. The number of likely N-dealkylation sites (N-methyl/N-ethyl adjacent to an activating group) is 1. The van der Waals surface area contributed by atoms with Gasteiger partial charge >= 0.3 is 0 Å². The average Bonchev–Trinajstić information content (AvgIpc) is 3.05. The number of nitrogens with zero attached hydrogens (tertiary/aromatic N) is 3. The summed E-state index contributed by atoms with van der Waals surface area (Å²) in [5.74, 6) is 0.407. The van der Waals surface area contributed by atoms with E-state index in [2.05, 4.69) is 31.4 Å². The van der Waals surface area contributed by atoms with Gasteiger partial charge in [0.15, 0.2) is 0 Å². The van der Waals surface area contributed by atoms with Crippen LogP contribution in [0.3, 0.4) is 0 Å². The lowest BCUT2D eigenvalue weighted by molar-refractivity contribution is 0.318. The molecule has 0 bridgehead atoms. The van der Waals surface area contributed by atoms with Crippen molar-refractivity contribution in [1.29, 1.82) is 0 Å². The van der Waals surface area contributed by atoms with Gasteiger partial charge in [0.2, 0.25) is 0 Å². The number of nitrogens with one attached hydrogen (secondary N) is 1. The molecule has 7 heteroatoms. The first-order valence-electron chi connectivity index (χ1n) is 8.70. The smallest absolute Gasteiger partial charge is 0.147 e. The van der Waals surface area contributed by atoms with Gasteiger partial charge in [0.05, 0.1) is 17.9 Å². The van der Waals surface area contributed by atoms with Gasteiger partial charge < -0.3 is 15.4 Å². The number of hydrogen-bond donors (Lipinski definition) is 2. The minimum absolute atomic E-state index is 0.327. The van der Waals surface area contributed by atoms with E-state index in [9.17, 15) is 9.60 Å². The van der Waals surface area contributed by atoms with E-state index >= 15 is 0 Å². The number of oxime groups is 1. The lowest BCUT2D eigenvalue weighted by Crippen LogP contribution is -2.17. The third-order valence-corrected chi connectivity index (χ3v) is 4.91. The van der Waals surface area contributed by atoms with Gasteiger partial charge in [-0.05, 0) is 49.5 Å². The highest BCUT2D eigenvalue weighted by Crippen LogP contribution is 2.31. The van der Waals surface area contributed by atoms with Gasteiger partial charge in [0, 0.05) is 29.4 Å². The molecule has 0 spiro atoms. The van der Waals surface area contributed by atoms with Crippen molar-refractivity contribution in [3.05, 3.63) is 63.4 Å². The Hall–Kier alpha value is -2.25. The van der Waals surface area contributed by atoms with Crippen LogP contribution in [-0.4, -0.2) is 48.8 Å². The van der Waals surface area contributed by atoms with Crippen LogP contribution >= 0.6 is 15.9 Å². The molecule has 0 amide bonds. The minimum Gasteiger partial charge on any atom is -0.411 e. The number of benzene rings is 2. The first-order valence-corrected chi connectivity index (χ1v) is 9.49. The predicted molar refractivity (Wildman–Crippen MR) is 111 cm³/mol. The van der Waals surface area contributed by atoms with E-state index in [1.165, 1.54) is 6.07 Å². The van der Waals surface area contributed by atoms with Gasteiger partial charge in [0.25, 0.3) is 0 Å². The van der Waals surface area contributed by atoms with Gasteiger partial charge in [-0.15, -0.1) is 0 Å². The molecule has 2 N–H and O–H groups in total. The van der Waals surface area contributed by atoms with E-state index in [1.807, 2.05) is 43.3 Å². The second kappa shape index (κ2) is 8.63. The zero-order valence-corrected chi connectivity index (χ0v) is 16.9. The fourth-order valence-corrected chi connectivity index (χ4v) is 3.52. The van der Waals surface area contributed by atoms with E-state index in [-0.39, 0.29) is 5.82 Å². The Morgan fingerprint density at radius 2 is 2.11 bits per heavy atom. The molecular formula is C20H22BrFN4O. The number of hydrogen-bond acceptors (Lipinski definition) is 4. The van der Waals surface area contributed by atoms with Crippen molar-refractivity contribution in [3.8, 4) is 0 Å². The monoisotopic (exact) mass is 432 g/mol. The second-order valence-electron chi connectivity index (χ2n) is 6.74. The van der Waals surface area contributed by atoms with E-state index in [1.54, 1.807) is 6.07 Å². The maximum atomic E-state index is 14.3. The summed E-state index contributed by atoms with van der Waals surface area (Å²) in [5, 5.41) is 16.2. The molecule has 5 nitrogen and oxygen atoms in total. The highest BCUT2D eigenvalue weighted by molar-refractivity contribution is 9.10. The van der Waals surface area contributed by atoms with Crippen molar-refractivity contribution in [2.75, 3.05) is 32.5 Å². The average molecular weight is 433 g/mol. The van der Waals surface area contributed by atoms with Gasteiger partial charge in [-0.25, -0.2) is 4.39 Å². The van der Waals surface area contributed by atoms with Crippen LogP contribution in [0.25, 0.3) is 0 Å². The zero-order chi connectivity index (χ0) is 19.4. The highest BCUT2D eigenvalue weighted by atomic mass is 79.9. The quantitative estimate of drug-likeness (QED) is 0.412. The minimum atomic E-state index is -0.327. The Labute approximate surface area is 166 Å². The van der Waals surface area contributed by atoms with Crippen molar-refractivity contribution < 1.29 is 9.60 Å². The Balaban J connectivity index is 1.87. The molecule has 0 saturated heterocycles. The second-order valence-corrected chi connectivity index (χ2v) is 7.65. The molecule has 142 valence electrons. The van der Waals surface area contributed by atoms with Crippen LogP contribution in [0, 0.1) is 5.82 Å². The maximum Gasteiger partial charge on any atom is 0.147 e. The van der Waals surface area contributed by atoms with Gasteiger partial charge in [-0.3, -0.25) is 4.99 Å². The topological polar surface area (TPSA) is 60.2 Å². The van der Waals surface area contributed by atoms with Crippen LogP contribution in [-0.2, 0) is 12.8 Å². The molecule has 0 unspecified atom stereocenters. The zero-order valence-electron chi connectivity index (χ0n) is 15.3. The molecule has 1 heterocycles. The Bertz CT molecular complexity index is 896.